The van der Waals surface area contributed by atoms with E-state index in [2.05, 4.69) is 33.8 Å². The van der Waals surface area contributed by atoms with E-state index in [9.17, 15) is 9.90 Å². The zero-order valence-corrected chi connectivity index (χ0v) is 19.1. The molecule has 1 spiro atoms. The summed E-state index contributed by atoms with van der Waals surface area (Å²) in [5, 5.41) is 9.99. The number of rotatable bonds is 6. The summed E-state index contributed by atoms with van der Waals surface area (Å²) in [4.78, 5) is 12.3. The minimum atomic E-state index is -0.354. The third-order valence-electron chi connectivity index (χ3n) is 9.05. The normalized spacial score (nSPS) is 44.5. The molecule has 3 saturated carbocycles. The maximum atomic E-state index is 12.3. The summed E-state index contributed by atoms with van der Waals surface area (Å²) >= 11 is 0. The molecule has 0 aromatic heterocycles. The highest BCUT2D eigenvalue weighted by Crippen LogP contribution is 2.67. The molecule has 1 heterocycles. The third kappa shape index (κ3) is 3.99. The molecule has 0 aromatic rings. The van der Waals surface area contributed by atoms with E-state index in [0.717, 1.165) is 29.7 Å². The van der Waals surface area contributed by atoms with Gasteiger partial charge in [-0.15, -0.1) is 0 Å². The lowest BCUT2D eigenvalue weighted by Crippen LogP contribution is -2.44. The molecule has 0 aromatic carbocycles. The van der Waals surface area contributed by atoms with Gasteiger partial charge in [-0.05, 0) is 79.3 Å². The molecule has 1 N–H and O–H groups in total. The molecule has 29 heavy (non-hydrogen) atoms. The van der Waals surface area contributed by atoms with Crippen LogP contribution < -0.4 is 0 Å². The summed E-state index contributed by atoms with van der Waals surface area (Å²) in [6, 6.07) is 0. The number of fused-ring (bicyclic) bond motifs is 2. The summed E-state index contributed by atoms with van der Waals surface area (Å²) in [7, 11) is 0. The molecule has 0 unspecified atom stereocenters. The highest BCUT2D eigenvalue weighted by Gasteiger charge is 2.68. The van der Waals surface area contributed by atoms with Crippen LogP contribution in [0.25, 0.3) is 0 Å². The zero-order chi connectivity index (χ0) is 20.8. The van der Waals surface area contributed by atoms with Crippen molar-refractivity contribution in [3.63, 3.8) is 0 Å². The highest BCUT2D eigenvalue weighted by molar-refractivity contribution is 5.96. The Balaban J connectivity index is 1.45. The second kappa shape index (κ2) is 8.11. The van der Waals surface area contributed by atoms with Gasteiger partial charge >= 0.3 is 0 Å². The Morgan fingerprint density at radius 1 is 1.17 bits per heavy atom. The molecule has 7 atom stereocenters. The second-order valence-corrected chi connectivity index (χ2v) is 11.4. The molecule has 3 heteroatoms. The summed E-state index contributed by atoms with van der Waals surface area (Å²) in [5.74, 6) is 3.27. The molecule has 164 valence electrons. The zero-order valence-electron chi connectivity index (χ0n) is 19.1. The first-order valence-electron chi connectivity index (χ1n) is 12.4. The summed E-state index contributed by atoms with van der Waals surface area (Å²) in [6.07, 6.45) is 13.9. The topological polar surface area (TPSA) is 49.8 Å². The van der Waals surface area contributed by atoms with Crippen molar-refractivity contribution in [2.45, 2.75) is 116 Å². The van der Waals surface area contributed by atoms with E-state index < -0.39 is 0 Å². The Morgan fingerprint density at radius 3 is 2.72 bits per heavy atom. The van der Waals surface area contributed by atoms with E-state index in [0.29, 0.717) is 30.6 Å². The lowest BCUT2D eigenvalue weighted by atomic mass is 9.58. The van der Waals surface area contributed by atoms with Crippen LogP contribution in [0.1, 0.15) is 98.3 Å². The standard InChI is InChI=1S/C26H42O3/c1-17(2)7-5-8-18(3)21-10-12-23-25(21,4)13-6-14-26(23)24(29-26)16-19-15-20(27)9-11-22(19)28/h16-18,20-21,23-24,27H,5-15H2,1-4H3/b19-16+/t18-,20+,21-,23-,24-,25-,26-/m1/s1. The summed E-state index contributed by atoms with van der Waals surface area (Å²) < 4.78 is 6.44. The number of aliphatic hydroxyl groups excluding tert-OH is 1. The number of hydrogen-bond donors (Lipinski definition) is 1. The van der Waals surface area contributed by atoms with Crippen LogP contribution in [0.2, 0.25) is 0 Å². The number of ether oxygens (including phenoxy) is 1. The van der Waals surface area contributed by atoms with Crippen LogP contribution in [-0.4, -0.2) is 28.7 Å². The van der Waals surface area contributed by atoms with Crippen LogP contribution in [0.4, 0.5) is 0 Å². The molecule has 1 saturated heterocycles. The molecule has 3 nitrogen and oxygen atoms in total. The van der Waals surface area contributed by atoms with Gasteiger partial charge < -0.3 is 9.84 Å². The molecule has 0 amide bonds. The minimum Gasteiger partial charge on any atom is -0.393 e. The smallest absolute Gasteiger partial charge is 0.158 e. The van der Waals surface area contributed by atoms with Gasteiger partial charge in [0.15, 0.2) is 5.78 Å². The number of carbonyl (C=O) groups is 1. The van der Waals surface area contributed by atoms with Gasteiger partial charge in [0, 0.05) is 12.8 Å². The van der Waals surface area contributed by atoms with Crippen LogP contribution in [0.5, 0.6) is 0 Å². The van der Waals surface area contributed by atoms with E-state index in [1.165, 1.54) is 44.9 Å². The van der Waals surface area contributed by atoms with Crippen LogP contribution in [0.15, 0.2) is 11.6 Å². The highest BCUT2D eigenvalue weighted by atomic mass is 16.6. The fourth-order valence-corrected chi connectivity index (χ4v) is 7.46. The van der Waals surface area contributed by atoms with Gasteiger partial charge in [-0.3, -0.25) is 4.79 Å². The number of hydrogen-bond acceptors (Lipinski definition) is 3. The van der Waals surface area contributed by atoms with E-state index >= 15 is 0 Å². The first kappa shape index (κ1) is 21.6. The average molecular weight is 403 g/mol. The second-order valence-electron chi connectivity index (χ2n) is 11.4. The van der Waals surface area contributed by atoms with Crippen molar-refractivity contribution < 1.29 is 14.6 Å². The molecule has 4 fully saturated rings. The number of ketones is 1. The van der Waals surface area contributed by atoms with Crippen LogP contribution >= 0.6 is 0 Å². The average Bonchev–Trinajstić information content (AvgIpc) is 3.17. The number of epoxide rings is 1. The largest absolute Gasteiger partial charge is 0.393 e. The Kier molecular flexibility index (Phi) is 6.03. The first-order valence-corrected chi connectivity index (χ1v) is 12.4. The van der Waals surface area contributed by atoms with Crippen molar-refractivity contribution in [1.29, 1.82) is 0 Å². The first-order chi connectivity index (χ1) is 13.8. The Bertz CT molecular complexity index is 652. The molecule has 0 bridgehead atoms. The van der Waals surface area contributed by atoms with Crippen molar-refractivity contribution in [3.8, 4) is 0 Å². The molecule has 0 radical (unpaired) electrons. The van der Waals surface area contributed by atoms with Gasteiger partial charge in [-0.1, -0.05) is 47.0 Å². The Hall–Kier alpha value is -0.670. The van der Waals surface area contributed by atoms with Gasteiger partial charge in [-0.25, -0.2) is 0 Å². The predicted molar refractivity (Wildman–Crippen MR) is 117 cm³/mol. The van der Waals surface area contributed by atoms with Crippen molar-refractivity contribution in [1.82, 2.24) is 0 Å². The Labute approximate surface area is 177 Å². The maximum absolute atomic E-state index is 12.3. The fraction of sp³-hybridized carbons (Fsp3) is 0.885. The van der Waals surface area contributed by atoms with Crippen LogP contribution in [0.3, 0.4) is 0 Å². The lowest BCUT2D eigenvalue weighted by Gasteiger charge is -2.46. The predicted octanol–water partition coefficient (Wildman–Crippen LogP) is 5.84. The molecular weight excluding hydrogens is 360 g/mol. The van der Waals surface area contributed by atoms with Crippen LogP contribution in [-0.2, 0) is 9.53 Å². The van der Waals surface area contributed by atoms with Crippen molar-refractivity contribution in [2.75, 3.05) is 0 Å². The van der Waals surface area contributed by atoms with Gasteiger partial charge in [0.05, 0.1) is 6.10 Å². The van der Waals surface area contributed by atoms with Gasteiger partial charge in [0.2, 0.25) is 0 Å². The lowest BCUT2D eigenvalue weighted by molar-refractivity contribution is -0.117. The summed E-state index contributed by atoms with van der Waals surface area (Å²) in [5.41, 5.74) is 1.20. The van der Waals surface area contributed by atoms with Crippen molar-refractivity contribution in [2.24, 2.45) is 29.1 Å². The number of aliphatic hydroxyl groups is 1. The fourth-order valence-electron chi connectivity index (χ4n) is 7.46. The number of Topliss-reactive ketones (excluding diaryl/α,β-unsaturated/α-hetero) is 1. The Morgan fingerprint density at radius 2 is 1.97 bits per heavy atom. The van der Waals surface area contributed by atoms with E-state index in [-0.39, 0.29) is 23.6 Å². The minimum absolute atomic E-state index is 0.0188. The van der Waals surface area contributed by atoms with Crippen LogP contribution in [0, 0.1) is 29.1 Å². The molecule has 4 aliphatic rings. The summed E-state index contributed by atoms with van der Waals surface area (Å²) in [6.45, 7) is 9.71. The molecule has 1 aliphatic heterocycles. The van der Waals surface area contributed by atoms with Gasteiger partial charge in [0.1, 0.15) is 11.7 Å². The van der Waals surface area contributed by atoms with Crippen molar-refractivity contribution in [3.05, 3.63) is 11.6 Å². The number of carbonyl (C=O) groups excluding carboxylic acids is 1. The quantitative estimate of drug-likeness (QED) is 0.448. The molecule has 3 aliphatic carbocycles. The monoisotopic (exact) mass is 402 g/mol. The van der Waals surface area contributed by atoms with Gasteiger partial charge in [0.25, 0.3) is 0 Å². The SMILES string of the molecule is CC(C)CCC[C@@H](C)[C@H]1CC[C@@H]2[C@]1(C)CCC[C@@]21O[C@@H]1/C=C1\C[C@@H](O)CCC1=O. The molecular formula is C26H42O3. The van der Waals surface area contributed by atoms with E-state index in [1.807, 2.05) is 0 Å². The van der Waals surface area contributed by atoms with E-state index in [1.54, 1.807) is 0 Å². The van der Waals surface area contributed by atoms with Crippen molar-refractivity contribution >= 4 is 5.78 Å². The van der Waals surface area contributed by atoms with Gasteiger partial charge in [-0.2, -0.15) is 0 Å². The maximum Gasteiger partial charge on any atom is 0.158 e. The molecule has 4 rings (SSSR count). The third-order valence-corrected chi connectivity index (χ3v) is 9.05. The van der Waals surface area contributed by atoms with E-state index in [4.69, 9.17) is 4.74 Å².